The topological polar surface area (TPSA) is 54.5 Å². The van der Waals surface area contributed by atoms with Crippen molar-refractivity contribution in [1.82, 2.24) is 10.3 Å². The molecule has 1 fully saturated rings. The molecule has 25 heavy (non-hydrogen) atoms. The maximum Gasteiger partial charge on any atom is 0.244 e. The molecular weight excluding hydrogens is 321 g/mol. The van der Waals surface area contributed by atoms with Crippen LogP contribution in [0.15, 0.2) is 48.7 Å². The highest BCUT2D eigenvalue weighted by Gasteiger charge is 2.11. The molecule has 0 spiro atoms. The van der Waals surface area contributed by atoms with Crippen molar-refractivity contribution in [2.45, 2.75) is 6.54 Å². The fraction of sp³-hybridized carbons (Fsp3) is 0.263. The predicted molar refractivity (Wildman–Crippen MR) is 94.5 cm³/mol. The standard InChI is InChI=1S/C19H20FN3O2/c20-17-5-1-15(2-6-17)4-8-19(24)22-14-16-3-7-18(21-13-16)23-9-11-25-12-10-23/h1-8,13H,9-12,14H2,(H,22,24)/b8-4+. The van der Waals surface area contributed by atoms with E-state index < -0.39 is 0 Å². The van der Waals surface area contributed by atoms with Crippen molar-refractivity contribution in [1.29, 1.82) is 0 Å². The minimum atomic E-state index is -0.297. The molecule has 0 aliphatic carbocycles. The van der Waals surface area contributed by atoms with Crippen LogP contribution in [0.5, 0.6) is 0 Å². The number of morpholine rings is 1. The van der Waals surface area contributed by atoms with Gasteiger partial charge in [0.25, 0.3) is 0 Å². The van der Waals surface area contributed by atoms with Gasteiger partial charge >= 0.3 is 0 Å². The fourth-order valence-electron chi connectivity index (χ4n) is 2.49. The van der Waals surface area contributed by atoms with Gasteiger partial charge in [0.15, 0.2) is 0 Å². The van der Waals surface area contributed by atoms with Gasteiger partial charge in [0.2, 0.25) is 5.91 Å². The van der Waals surface area contributed by atoms with E-state index in [0.29, 0.717) is 6.54 Å². The maximum absolute atomic E-state index is 12.8. The number of carbonyl (C=O) groups is 1. The third-order valence-electron chi connectivity index (χ3n) is 3.91. The summed E-state index contributed by atoms with van der Waals surface area (Å²) >= 11 is 0. The van der Waals surface area contributed by atoms with Crippen molar-refractivity contribution in [2.75, 3.05) is 31.2 Å². The normalized spacial score (nSPS) is 14.7. The van der Waals surface area contributed by atoms with Crippen molar-refractivity contribution >= 4 is 17.8 Å². The summed E-state index contributed by atoms with van der Waals surface area (Å²) in [6, 6.07) is 9.88. The number of halogens is 1. The van der Waals surface area contributed by atoms with Crippen LogP contribution in [0.2, 0.25) is 0 Å². The van der Waals surface area contributed by atoms with Crippen LogP contribution in [0, 0.1) is 5.82 Å². The molecular formula is C19H20FN3O2. The molecule has 3 rings (SSSR count). The predicted octanol–water partition coefficient (Wildman–Crippen LogP) is 2.39. The summed E-state index contributed by atoms with van der Waals surface area (Å²) in [6.07, 6.45) is 4.85. The molecule has 130 valence electrons. The monoisotopic (exact) mass is 341 g/mol. The molecule has 1 aromatic heterocycles. The average molecular weight is 341 g/mol. The first-order valence-corrected chi connectivity index (χ1v) is 8.20. The number of anilines is 1. The molecule has 5 nitrogen and oxygen atoms in total. The van der Waals surface area contributed by atoms with E-state index in [2.05, 4.69) is 15.2 Å². The van der Waals surface area contributed by atoms with Crippen LogP contribution >= 0.6 is 0 Å². The third-order valence-corrected chi connectivity index (χ3v) is 3.91. The second kappa shape index (κ2) is 8.39. The Balaban J connectivity index is 1.49. The second-order valence-corrected chi connectivity index (χ2v) is 5.73. The first kappa shape index (κ1) is 17.1. The first-order chi connectivity index (χ1) is 12.2. The quantitative estimate of drug-likeness (QED) is 0.849. The van der Waals surface area contributed by atoms with Crippen LogP contribution in [0.25, 0.3) is 6.08 Å². The number of pyridine rings is 1. The van der Waals surface area contributed by atoms with E-state index in [1.807, 2.05) is 12.1 Å². The van der Waals surface area contributed by atoms with Gasteiger partial charge in [0.1, 0.15) is 11.6 Å². The molecule has 0 unspecified atom stereocenters. The largest absolute Gasteiger partial charge is 0.378 e. The number of rotatable bonds is 5. The molecule has 2 aromatic rings. The Kier molecular flexibility index (Phi) is 5.74. The van der Waals surface area contributed by atoms with Gasteiger partial charge in [-0.25, -0.2) is 9.37 Å². The average Bonchev–Trinajstić information content (AvgIpc) is 2.67. The summed E-state index contributed by atoms with van der Waals surface area (Å²) in [5.74, 6) is 0.422. The second-order valence-electron chi connectivity index (χ2n) is 5.73. The SMILES string of the molecule is O=C(/C=C/c1ccc(F)cc1)NCc1ccc(N2CCOCC2)nc1. The maximum atomic E-state index is 12.8. The zero-order chi connectivity index (χ0) is 17.5. The lowest BCUT2D eigenvalue weighted by Crippen LogP contribution is -2.36. The molecule has 0 saturated carbocycles. The summed E-state index contributed by atoms with van der Waals surface area (Å²) in [5.41, 5.74) is 1.70. The van der Waals surface area contributed by atoms with Crippen LogP contribution in [0.3, 0.4) is 0 Å². The number of carbonyl (C=O) groups excluding carboxylic acids is 1. The van der Waals surface area contributed by atoms with E-state index in [1.54, 1.807) is 24.4 Å². The molecule has 2 heterocycles. The first-order valence-electron chi connectivity index (χ1n) is 8.20. The Morgan fingerprint density at radius 2 is 1.96 bits per heavy atom. The van der Waals surface area contributed by atoms with Gasteiger partial charge < -0.3 is 15.0 Å². The van der Waals surface area contributed by atoms with Gasteiger partial charge in [-0.05, 0) is 35.4 Å². The van der Waals surface area contributed by atoms with Crippen molar-refractivity contribution in [3.8, 4) is 0 Å². The Labute approximate surface area is 146 Å². The van der Waals surface area contributed by atoms with E-state index in [0.717, 1.165) is 43.2 Å². The lowest BCUT2D eigenvalue weighted by molar-refractivity contribution is -0.116. The zero-order valence-corrected chi connectivity index (χ0v) is 13.8. The van der Waals surface area contributed by atoms with Crippen LogP contribution < -0.4 is 10.2 Å². The number of hydrogen-bond donors (Lipinski definition) is 1. The van der Waals surface area contributed by atoms with Crippen molar-refractivity contribution in [3.05, 3.63) is 65.6 Å². The number of aromatic nitrogens is 1. The van der Waals surface area contributed by atoms with Gasteiger partial charge in [0.05, 0.1) is 13.2 Å². The van der Waals surface area contributed by atoms with Crippen LogP contribution in [0.4, 0.5) is 10.2 Å². The number of nitrogens with one attached hydrogen (secondary N) is 1. The van der Waals surface area contributed by atoms with Crippen LogP contribution in [-0.4, -0.2) is 37.2 Å². The minimum absolute atomic E-state index is 0.207. The van der Waals surface area contributed by atoms with E-state index in [-0.39, 0.29) is 11.7 Å². The summed E-state index contributed by atoms with van der Waals surface area (Å²) in [6.45, 7) is 3.54. The van der Waals surface area contributed by atoms with Crippen molar-refractivity contribution in [3.63, 3.8) is 0 Å². The Morgan fingerprint density at radius 3 is 2.64 bits per heavy atom. The lowest BCUT2D eigenvalue weighted by Gasteiger charge is -2.27. The molecule has 0 bridgehead atoms. The zero-order valence-electron chi connectivity index (χ0n) is 13.8. The smallest absolute Gasteiger partial charge is 0.244 e. The summed E-state index contributed by atoms with van der Waals surface area (Å²) in [5, 5.41) is 2.81. The third kappa shape index (κ3) is 5.12. The Bertz CT molecular complexity index is 723. The van der Waals surface area contributed by atoms with E-state index in [9.17, 15) is 9.18 Å². The summed E-state index contributed by atoms with van der Waals surface area (Å²) < 4.78 is 18.2. The molecule has 0 radical (unpaired) electrons. The molecule has 1 amide bonds. The molecule has 6 heteroatoms. The summed E-state index contributed by atoms with van der Waals surface area (Å²) in [7, 11) is 0. The van der Waals surface area contributed by atoms with E-state index >= 15 is 0 Å². The molecule has 1 aliphatic rings. The minimum Gasteiger partial charge on any atom is -0.378 e. The molecule has 0 atom stereocenters. The van der Waals surface area contributed by atoms with Crippen molar-refractivity contribution in [2.24, 2.45) is 0 Å². The van der Waals surface area contributed by atoms with Crippen LogP contribution in [-0.2, 0) is 16.1 Å². The van der Waals surface area contributed by atoms with Crippen molar-refractivity contribution < 1.29 is 13.9 Å². The Hall–Kier alpha value is -2.73. The van der Waals surface area contributed by atoms with Gasteiger partial charge in [-0.1, -0.05) is 18.2 Å². The molecule has 1 saturated heterocycles. The highest BCUT2D eigenvalue weighted by atomic mass is 19.1. The highest BCUT2D eigenvalue weighted by molar-refractivity contribution is 5.91. The lowest BCUT2D eigenvalue weighted by atomic mass is 10.2. The number of hydrogen-bond acceptors (Lipinski definition) is 4. The molecule has 1 aromatic carbocycles. The van der Waals surface area contributed by atoms with E-state index in [4.69, 9.17) is 4.74 Å². The fourth-order valence-corrected chi connectivity index (χ4v) is 2.49. The van der Waals surface area contributed by atoms with Crippen LogP contribution in [0.1, 0.15) is 11.1 Å². The highest BCUT2D eigenvalue weighted by Crippen LogP contribution is 2.13. The molecule has 1 aliphatic heterocycles. The van der Waals surface area contributed by atoms with Gasteiger partial charge in [0, 0.05) is 31.9 Å². The number of nitrogens with zero attached hydrogens (tertiary/aromatic N) is 2. The number of ether oxygens (including phenoxy) is 1. The number of benzene rings is 1. The van der Waals surface area contributed by atoms with Gasteiger partial charge in [-0.3, -0.25) is 4.79 Å². The number of amides is 1. The summed E-state index contributed by atoms with van der Waals surface area (Å²) in [4.78, 5) is 18.5. The van der Waals surface area contributed by atoms with Gasteiger partial charge in [-0.15, -0.1) is 0 Å². The van der Waals surface area contributed by atoms with E-state index in [1.165, 1.54) is 18.2 Å². The van der Waals surface area contributed by atoms with Gasteiger partial charge in [-0.2, -0.15) is 0 Å². The Morgan fingerprint density at radius 1 is 1.20 bits per heavy atom. The molecule has 1 N–H and O–H groups in total.